The van der Waals surface area contributed by atoms with E-state index in [-0.39, 0.29) is 55.6 Å². The molecule has 0 aliphatic carbocycles. The molecule has 3 aliphatic rings. The van der Waals surface area contributed by atoms with Gasteiger partial charge in [0, 0.05) is 90.1 Å². The van der Waals surface area contributed by atoms with Gasteiger partial charge < -0.3 is 19.7 Å². The highest BCUT2D eigenvalue weighted by molar-refractivity contribution is 6.76. The number of anilines is 1. The zero-order valence-corrected chi connectivity index (χ0v) is 42.7. The number of rotatable bonds is 16. The fraction of sp³-hybridized carbons (Fsp3) is 0.500. The molecule has 370 valence electrons. The van der Waals surface area contributed by atoms with Crippen molar-refractivity contribution in [3.05, 3.63) is 88.4 Å². The Hall–Kier alpha value is -6.15. The summed E-state index contributed by atoms with van der Waals surface area (Å²) in [6.07, 6.45) is 8.16. The van der Waals surface area contributed by atoms with Gasteiger partial charge in [-0.2, -0.15) is 5.10 Å². The number of nitrogens with zero attached hydrogens (tertiary/aromatic N) is 7. The molecule has 0 bridgehead atoms. The average Bonchev–Trinajstić information content (AvgIpc) is 4.11. The van der Waals surface area contributed by atoms with Gasteiger partial charge in [0.2, 0.25) is 5.91 Å². The first-order chi connectivity index (χ1) is 34.6. The number of likely N-dealkylation sites (tertiary alicyclic amines) is 2. The van der Waals surface area contributed by atoms with Crippen LogP contribution in [-0.4, -0.2) is 110 Å². The average molecular weight is 972 g/mol. The number of piperidine rings is 1. The van der Waals surface area contributed by atoms with Gasteiger partial charge in [-0.25, -0.2) is 14.3 Å². The second kappa shape index (κ2) is 21.1. The Kier molecular flexibility index (Phi) is 13.9. The molecular formula is C54H68N8O7Si. The summed E-state index contributed by atoms with van der Waals surface area (Å²) >= 11 is 0. The SMILES string of the molecule is [2H]C([2H])([2H])N1CCC[C@@H]1c1cc2cnc(NC(=O)c3ccc4c(C)nn(CCCCCCCC#Cc5cccc6c5CN(C5CCC(=O)N(COCC[Si](C)(C)C)C5=O)C6=O)c4c3)cc2n1C(=O)OC(C)(C)C. The predicted molar refractivity (Wildman–Crippen MR) is 273 cm³/mol. The lowest BCUT2D eigenvalue weighted by Crippen LogP contribution is -2.55. The van der Waals surface area contributed by atoms with Gasteiger partial charge >= 0.3 is 6.09 Å². The number of hydrogen-bond donors (Lipinski definition) is 1. The molecule has 0 radical (unpaired) electrons. The van der Waals surface area contributed by atoms with E-state index in [2.05, 4.69) is 41.8 Å². The number of amides is 4. The molecule has 6 heterocycles. The number of benzene rings is 2. The van der Waals surface area contributed by atoms with Gasteiger partial charge in [0.05, 0.1) is 22.8 Å². The third-order valence-electron chi connectivity index (χ3n) is 13.3. The van der Waals surface area contributed by atoms with E-state index in [1.54, 1.807) is 56.1 Å². The monoisotopic (exact) mass is 972 g/mol. The van der Waals surface area contributed by atoms with Gasteiger partial charge in [-0.1, -0.05) is 62.9 Å². The van der Waals surface area contributed by atoms with Gasteiger partial charge in [0.15, 0.2) is 0 Å². The number of unbranched alkanes of at least 4 members (excludes halogenated alkanes) is 5. The molecule has 1 N–H and O–H groups in total. The number of imide groups is 1. The fourth-order valence-electron chi connectivity index (χ4n) is 9.53. The molecule has 1 unspecified atom stereocenters. The number of nitrogens with one attached hydrogen (secondary N) is 1. The maximum atomic E-state index is 13.8. The molecule has 15 nitrogen and oxygen atoms in total. The zero-order chi connectivity index (χ0) is 52.4. The highest BCUT2D eigenvalue weighted by atomic mass is 28.3. The van der Waals surface area contributed by atoms with Crippen molar-refractivity contribution in [2.45, 2.75) is 148 Å². The molecule has 70 heavy (non-hydrogen) atoms. The van der Waals surface area contributed by atoms with Crippen molar-refractivity contribution in [2.24, 2.45) is 0 Å². The topological polar surface area (TPSA) is 161 Å². The van der Waals surface area contributed by atoms with Crippen molar-refractivity contribution in [3.8, 4) is 11.8 Å². The Bertz CT molecular complexity index is 3000. The highest BCUT2D eigenvalue weighted by Crippen LogP contribution is 2.36. The standard InChI is InChI=1S/C54H68N8O7Si/c1-36-40-23-22-38(50(64)56-48-32-45-39(33-55-48)31-47(43-21-17-26-58(43)5)62(45)53(67)69-54(2,3)4)30-46(40)61(57-36)27-15-13-11-9-10-12-14-18-37-19-16-20-41-42(37)34-59(51(41)65)44-24-25-49(63)60(52(44)66)35-68-28-29-70(6,7)8/h16,19-20,22-23,30-33,43-44H,9-13,15,17,21,24-29,34-35H2,1-8H3,(H,55,56,64)/t43-,44?/m1/s1/i5D3. The molecule has 0 spiro atoms. The third kappa shape index (κ3) is 11.4. The number of hydrogen-bond acceptors (Lipinski definition) is 10. The van der Waals surface area contributed by atoms with Gasteiger partial charge in [-0.05, 0) is 115 Å². The number of carbonyl (C=O) groups is 5. The summed E-state index contributed by atoms with van der Waals surface area (Å²) in [6.45, 7) is 13.4. The van der Waals surface area contributed by atoms with E-state index in [9.17, 15) is 24.0 Å². The fourth-order valence-corrected chi connectivity index (χ4v) is 10.3. The number of ether oxygens (including phenoxy) is 2. The Morgan fingerprint density at radius 1 is 0.971 bits per heavy atom. The molecule has 0 saturated carbocycles. The summed E-state index contributed by atoms with van der Waals surface area (Å²) < 4.78 is 39.3. The first-order valence-corrected chi connectivity index (χ1v) is 28.4. The van der Waals surface area contributed by atoms with Gasteiger partial charge in [-0.15, -0.1) is 0 Å². The van der Waals surface area contributed by atoms with E-state index >= 15 is 0 Å². The van der Waals surface area contributed by atoms with Gasteiger partial charge in [-0.3, -0.25) is 33.7 Å². The summed E-state index contributed by atoms with van der Waals surface area (Å²) in [6, 6.07) is 14.1. The minimum absolute atomic E-state index is 0.0889. The van der Waals surface area contributed by atoms with Crippen LogP contribution in [0.5, 0.6) is 0 Å². The van der Waals surface area contributed by atoms with Crippen molar-refractivity contribution < 1.29 is 37.6 Å². The summed E-state index contributed by atoms with van der Waals surface area (Å²) in [5.74, 6) is 5.58. The maximum Gasteiger partial charge on any atom is 0.419 e. The summed E-state index contributed by atoms with van der Waals surface area (Å²) in [5.41, 5.74) is 4.43. The van der Waals surface area contributed by atoms with Crippen LogP contribution in [0.4, 0.5) is 10.6 Å². The first kappa shape index (κ1) is 46.2. The number of fused-ring (bicyclic) bond motifs is 3. The van der Waals surface area contributed by atoms with Crippen molar-refractivity contribution in [3.63, 3.8) is 0 Å². The van der Waals surface area contributed by atoms with E-state index in [1.165, 1.54) is 14.4 Å². The van der Waals surface area contributed by atoms with Crippen LogP contribution < -0.4 is 5.32 Å². The third-order valence-corrected chi connectivity index (χ3v) is 15.0. The van der Waals surface area contributed by atoms with Crippen LogP contribution in [0.25, 0.3) is 21.8 Å². The quantitative estimate of drug-likeness (QED) is 0.0436. The molecule has 3 aromatic heterocycles. The Labute approximate surface area is 416 Å². The predicted octanol–water partition coefficient (Wildman–Crippen LogP) is 9.67. The number of aromatic nitrogens is 4. The second-order valence-electron chi connectivity index (χ2n) is 21.0. The summed E-state index contributed by atoms with van der Waals surface area (Å²) in [5, 5.41) is 9.27. The number of carbonyl (C=O) groups excluding carboxylic acids is 5. The maximum absolute atomic E-state index is 13.8. The first-order valence-electron chi connectivity index (χ1n) is 26.2. The van der Waals surface area contributed by atoms with Crippen LogP contribution >= 0.6 is 0 Å². The number of pyridine rings is 1. The second-order valence-corrected chi connectivity index (χ2v) is 26.6. The molecule has 5 aromatic rings. The smallest absolute Gasteiger partial charge is 0.419 e. The van der Waals surface area contributed by atoms with Gasteiger partial charge in [0.1, 0.15) is 24.2 Å². The van der Waals surface area contributed by atoms with Crippen LogP contribution in [0.2, 0.25) is 25.7 Å². The Morgan fingerprint density at radius 3 is 2.56 bits per heavy atom. The van der Waals surface area contributed by atoms with Crippen LogP contribution in [-0.2, 0) is 32.2 Å². The molecule has 2 saturated heterocycles. The summed E-state index contributed by atoms with van der Waals surface area (Å²) in [4.78, 5) is 76.1. The highest BCUT2D eigenvalue weighted by Gasteiger charge is 2.43. The van der Waals surface area contributed by atoms with Crippen LogP contribution in [0, 0.1) is 18.8 Å². The zero-order valence-electron chi connectivity index (χ0n) is 44.7. The largest absolute Gasteiger partial charge is 0.443 e. The summed E-state index contributed by atoms with van der Waals surface area (Å²) in [7, 11) is -1.33. The molecule has 16 heteroatoms. The van der Waals surface area contributed by atoms with Gasteiger partial charge in [0.25, 0.3) is 17.7 Å². The van der Waals surface area contributed by atoms with Crippen LogP contribution in [0.15, 0.2) is 54.7 Å². The molecule has 8 rings (SSSR count). The lowest BCUT2D eigenvalue weighted by Gasteiger charge is -2.35. The normalized spacial score (nSPS) is 18.5. The Morgan fingerprint density at radius 2 is 1.77 bits per heavy atom. The van der Waals surface area contributed by atoms with Crippen molar-refractivity contribution in [2.75, 3.05) is 32.2 Å². The molecule has 2 fully saturated rings. The lowest BCUT2D eigenvalue weighted by atomic mass is 10.0. The molecule has 2 atom stereocenters. The van der Waals surface area contributed by atoms with E-state index in [4.69, 9.17) is 18.7 Å². The van der Waals surface area contributed by atoms with Crippen molar-refractivity contribution in [1.29, 1.82) is 0 Å². The molecular weight excluding hydrogens is 901 g/mol. The van der Waals surface area contributed by atoms with Crippen molar-refractivity contribution >= 4 is 65.4 Å². The van der Waals surface area contributed by atoms with E-state index in [0.717, 1.165) is 65.9 Å². The van der Waals surface area contributed by atoms with E-state index in [0.29, 0.717) is 66.7 Å². The van der Waals surface area contributed by atoms with Crippen LogP contribution in [0.3, 0.4) is 0 Å². The van der Waals surface area contributed by atoms with E-state index in [1.807, 2.05) is 35.9 Å². The molecule has 4 amide bonds. The lowest BCUT2D eigenvalue weighted by molar-refractivity contribution is -0.158. The minimum atomic E-state index is -2.34. The van der Waals surface area contributed by atoms with Crippen molar-refractivity contribution in [1.82, 2.24) is 34.0 Å². The Balaban J connectivity index is 0.837. The molecule has 2 aromatic carbocycles. The van der Waals surface area contributed by atoms with E-state index < -0.39 is 38.8 Å². The molecule has 3 aliphatic heterocycles. The number of aryl methyl sites for hydroxylation is 2. The minimum Gasteiger partial charge on any atom is -0.443 e. The van der Waals surface area contributed by atoms with Crippen LogP contribution in [0.1, 0.15) is 138 Å².